The average molecular weight is 451 g/mol. The number of methoxy groups -OCH3 is 1. The molecule has 0 unspecified atom stereocenters. The standard InChI is InChI=1S/C26H27ClN2O3/c1-26(2,3)20-12-9-18(10-13-20)17-32-23-14-11-19(15-24(23)31-4)16-28-29-25(30)21-7-5-6-8-22(21)27/h5-16H,17H2,1-4H3,(H,29,30)/b28-16-. The molecule has 0 atom stereocenters. The summed E-state index contributed by atoms with van der Waals surface area (Å²) in [5.74, 6) is 0.832. The van der Waals surface area contributed by atoms with Crippen LogP contribution in [0.1, 0.15) is 47.8 Å². The van der Waals surface area contributed by atoms with Crippen LogP contribution in [-0.2, 0) is 12.0 Å². The molecule has 3 aromatic carbocycles. The van der Waals surface area contributed by atoms with E-state index in [9.17, 15) is 4.79 Å². The summed E-state index contributed by atoms with van der Waals surface area (Å²) in [4.78, 5) is 12.2. The predicted octanol–water partition coefficient (Wildman–Crippen LogP) is 5.99. The van der Waals surface area contributed by atoms with Gasteiger partial charge in [-0.25, -0.2) is 5.43 Å². The van der Waals surface area contributed by atoms with Crippen LogP contribution in [-0.4, -0.2) is 19.2 Å². The summed E-state index contributed by atoms with van der Waals surface area (Å²) < 4.78 is 11.4. The van der Waals surface area contributed by atoms with Crippen molar-refractivity contribution in [3.63, 3.8) is 0 Å². The van der Waals surface area contributed by atoms with Gasteiger partial charge in [-0.3, -0.25) is 4.79 Å². The Kier molecular flexibility index (Phi) is 7.54. The maximum absolute atomic E-state index is 12.2. The van der Waals surface area contributed by atoms with Crippen LogP contribution in [0.4, 0.5) is 0 Å². The van der Waals surface area contributed by atoms with Crippen molar-refractivity contribution in [2.24, 2.45) is 5.10 Å². The van der Waals surface area contributed by atoms with Gasteiger partial charge in [0, 0.05) is 0 Å². The van der Waals surface area contributed by atoms with E-state index in [0.717, 1.165) is 11.1 Å². The average Bonchev–Trinajstić information content (AvgIpc) is 2.78. The van der Waals surface area contributed by atoms with Gasteiger partial charge < -0.3 is 9.47 Å². The fourth-order valence-electron chi connectivity index (χ4n) is 3.02. The molecule has 32 heavy (non-hydrogen) atoms. The molecular weight excluding hydrogens is 424 g/mol. The Morgan fingerprint density at radius 2 is 1.75 bits per heavy atom. The van der Waals surface area contributed by atoms with Crippen molar-refractivity contribution in [2.45, 2.75) is 32.8 Å². The van der Waals surface area contributed by atoms with Crippen LogP contribution >= 0.6 is 11.6 Å². The van der Waals surface area contributed by atoms with Crippen LogP contribution in [0.2, 0.25) is 5.02 Å². The number of nitrogens with one attached hydrogen (secondary N) is 1. The van der Waals surface area contributed by atoms with Gasteiger partial charge in [-0.2, -0.15) is 5.10 Å². The van der Waals surface area contributed by atoms with E-state index >= 15 is 0 Å². The maximum atomic E-state index is 12.2. The zero-order valence-electron chi connectivity index (χ0n) is 18.7. The molecular formula is C26H27ClN2O3. The second-order valence-corrected chi connectivity index (χ2v) is 8.73. The summed E-state index contributed by atoms with van der Waals surface area (Å²) in [6.45, 7) is 7.01. The number of hydrazone groups is 1. The number of rotatable bonds is 7. The second kappa shape index (κ2) is 10.3. The number of ether oxygens (including phenoxy) is 2. The minimum atomic E-state index is -0.378. The lowest BCUT2D eigenvalue weighted by molar-refractivity contribution is 0.0955. The maximum Gasteiger partial charge on any atom is 0.272 e. The summed E-state index contributed by atoms with van der Waals surface area (Å²) >= 11 is 6.03. The van der Waals surface area contributed by atoms with Gasteiger partial charge in [-0.15, -0.1) is 0 Å². The lowest BCUT2D eigenvalue weighted by atomic mass is 9.87. The van der Waals surface area contributed by atoms with Gasteiger partial charge >= 0.3 is 0 Å². The molecule has 0 heterocycles. The third-order valence-corrected chi connectivity index (χ3v) is 5.23. The SMILES string of the molecule is COc1cc(/C=N\NC(=O)c2ccccc2Cl)ccc1OCc1ccc(C(C)(C)C)cc1. The third kappa shape index (κ3) is 6.11. The van der Waals surface area contributed by atoms with Crippen molar-refractivity contribution in [3.05, 3.63) is 94.0 Å². The van der Waals surface area contributed by atoms with E-state index in [0.29, 0.717) is 28.7 Å². The Morgan fingerprint density at radius 1 is 1.03 bits per heavy atom. The Bertz CT molecular complexity index is 1100. The molecule has 0 aliphatic rings. The van der Waals surface area contributed by atoms with Crippen LogP contribution in [0, 0.1) is 0 Å². The van der Waals surface area contributed by atoms with Crippen molar-refractivity contribution in [1.29, 1.82) is 0 Å². The predicted molar refractivity (Wildman–Crippen MR) is 129 cm³/mol. The molecule has 3 rings (SSSR count). The minimum absolute atomic E-state index is 0.118. The highest BCUT2D eigenvalue weighted by Crippen LogP contribution is 2.29. The van der Waals surface area contributed by atoms with E-state index in [-0.39, 0.29) is 11.3 Å². The molecule has 0 saturated heterocycles. The second-order valence-electron chi connectivity index (χ2n) is 8.32. The molecule has 6 heteroatoms. The Morgan fingerprint density at radius 3 is 2.41 bits per heavy atom. The quantitative estimate of drug-likeness (QED) is 0.355. The Labute approximate surface area is 194 Å². The lowest BCUT2D eigenvalue weighted by Gasteiger charge is -2.19. The fourth-order valence-corrected chi connectivity index (χ4v) is 3.24. The number of carbonyl (C=O) groups is 1. The smallest absolute Gasteiger partial charge is 0.272 e. The van der Waals surface area contributed by atoms with Crippen LogP contribution in [0.25, 0.3) is 0 Å². The first-order valence-corrected chi connectivity index (χ1v) is 10.6. The van der Waals surface area contributed by atoms with Crippen LogP contribution < -0.4 is 14.9 Å². The van der Waals surface area contributed by atoms with E-state index in [1.807, 2.05) is 12.1 Å². The summed E-state index contributed by atoms with van der Waals surface area (Å²) in [5.41, 5.74) is 6.07. The summed E-state index contributed by atoms with van der Waals surface area (Å²) in [6, 6.07) is 20.7. The molecule has 1 N–H and O–H groups in total. The number of nitrogens with zero attached hydrogens (tertiary/aromatic N) is 1. The van der Waals surface area contributed by atoms with E-state index < -0.39 is 0 Å². The highest BCUT2D eigenvalue weighted by atomic mass is 35.5. The van der Waals surface area contributed by atoms with Gasteiger partial charge in [-0.1, -0.05) is 68.8 Å². The molecule has 166 valence electrons. The van der Waals surface area contributed by atoms with Crippen molar-refractivity contribution in [2.75, 3.05) is 7.11 Å². The first kappa shape index (κ1) is 23.4. The van der Waals surface area contributed by atoms with Crippen molar-refractivity contribution in [3.8, 4) is 11.5 Å². The van der Waals surface area contributed by atoms with Gasteiger partial charge in [-0.05, 0) is 52.4 Å². The van der Waals surface area contributed by atoms with Crippen LogP contribution in [0.5, 0.6) is 11.5 Å². The van der Waals surface area contributed by atoms with E-state index in [1.54, 1.807) is 37.4 Å². The number of halogens is 1. The molecule has 3 aromatic rings. The van der Waals surface area contributed by atoms with Gasteiger partial charge in [0.1, 0.15) is 6.61 Å². The highest BCUT2D eigenvalue weighted by Gasteiger charge is 2.13. The molecule has 0 aromatic heterocycles. The molecule has 0 spiro atoms. The number of hydrogen-bond donors (Lipinski definition) is 1. The normalized spacial score (nSPS) is 11.4. The summed E-state index contributed by atoms with van der Waals surface area (Å²) in [6.07, 6.45) is 1.53. The third-order valence-electron chi connectivity index (χ3n) is 4.90. The van der Waals surface area contributed by atoms with Crippen molar-refractivity contribution < 1.29 is 14.3 Å². The van der Waals surface area contributed by atoms with Gasteiger partial charge in [0.25, 0.3) is 5.91 Å². The van der Waals surface area contributed by atoms with E-state index in [1.165, 1.54) is 11.8 Å². The monoisotopic (exact) mass is 450 g/mol. The summed E-state index contributed by atoms with van der Waals surface area (Å²) in [5, 5.41) is 4.38. The Hall–Kier alpha value is -3.31. The molecule has 5 nitrogen and oxygen atoms in total. The molecule has 1 amide bonds. The highest BCUT2D eigenvalue weighted by molar-refractivity contribution is 6.33. The zero-order chi connectivity index (χ0) is 23.1. The van der Waals surface area contributed by atoms with E-state index in [4.69, 9.17) is 21.1 Å². The zero-order valence-corrected chi connectivity index (χ0v) is 19.4. The van der Waals surface area contributed by atoms with Gasteiger partial charge in [0.2, 0.25) is 0 Å². The number of amides is 1. The van der Waals surface area contributed by atoms with E-state index in [2.05, 4.69) is 55.6 Å². The molecule has 0 bridgehead atoms. The lowest BCUT2D eigenvalue weighted by Crippen LogP contribution is -2.17. The molecule has 0 aliphatic heterocycles. The van der Waals surface area contributed by atoms with Crippen LogP contribution in [0.15, 0.2) is 71.8 Å². The molecule has 0 aliphatic carbocycles. The molecule has 0 fully saturated rings. The van der Waals surface area contributed by atoms with Crippen molar-refractivity contribution >= 4 is 23.7 Å². The number of benzene rings is 3. The molecule has 0 saturated carbocycles. The Balaban J connectivity index is 1.62. The fraction of sp³-hybridized carbons (Fsp3) is 0.231. The van der Waals surface area contributed by atoms with Crippen molar-refractivity contribution in [1.82, 2.24) is 5.43 Å². The van der Waals surface area contributed by atoms with Gasteiger partial charge in [0.05, 0.1) is 23.9 Å². The number of carbonyl (C=O) groups excluding carboxylic acids is 1. The first-order chi connectivity index (χ1) is 15.3. The largest absolute Gasteiger partial charge is 0.493 e. The first-order valence-electron chi connectivity index (χ1n) is 10.3. The summed E-state index contributed by atoms with van der Waals surface area (Å²) in [7, 11) is 1.58. The topological polar surface area (TPSA) is 59.9 Å². The minimum Gasteiger partial charge on any atom is -0.493 e. The van der Waals surface area contributed by atoms with Gasteiger partial charge in [0.15, 0.2) is 11.5 Å². The molecule has 0 radical (unpaired) electrons. The van der Waals surface area contributed by atoms with Crippen LogP contribution in [0.3, 0.4) is 0 Å². The number of hydrogen-bond acceptors (Lipinski definition) is 4.